The van der Waals surface area contributed by atoms with Crippen LogP contribution in [0.25, 0.3) is 11.3 Å². The number of likely N-dealkylation sites (tertiary alicyclic amines) is 1. The molecule has 1 aliphatic heterocycles. The molecule has 1 aliphatic rings. The van der Waals surface area contributed by atoms with Gasteiger partial charge in [-0.2, -0.15) is 0 Å². The van der Waals surface area contributed by atoms with Gasteiger partial charge in [-0.15, -0.1) is 0 Å². The standard InChI is InChI=1S/C20H27N3O2/c1-14-9-11-23(12-10-14)20(24)16(3)22-15(2)19-21-13-18(25-19)17-7-5-4-6-8-17/h4-8,13-16,22H,9-12H2,1-3H3/t15-,16+/m1/s1. The highest BCUT2D eigenvalue weighted by atomic mass is 16.4. The number of nitrogens with zero attached hydrogens (tertiary/aromatic N) is 2. The average Bonchev–Trinajstić information content (AvgIpc) is 3.13. The first kappa shape index (κ1) is 17.7. The topological polar surface area (TPSA) is 58.4 Å². The number of aromatic nitrogens is 1. The van der Waals surface area contributed by atoms with Crippen LogP contribution in [-0.2, 0) is 4.79 Å². The lowest BCUT2D eigenvalue weighted by Crippen LogP contribution is -2.48. The van der Waals surface area contributed by atoms with Gasteiger partial charge in [-0.1, -0.05) is 37.3 Å². The molecular weight excluding hydrogens is 314 g/mol. The van der Waals surface area contributed by atoms with E-state index in [0.29, 0.717) is 5.89 Å². The SMILES string of the molecule is CC1CCN(C(=O)[C@H](C)N[C@H](C)c2ncc(-c3ccccc3)o2)CC1. The Kier molecular flexibility index (Phi) is 5.53. The number of carbonyl (C=O) groups is 1. The summed E-state index contributed by atoms with van der Waals surface area (Å²) in [6.07, 6.45) is 3.92. The predicted octanol–water partition coefficient (Wildman–Crippen LogP) is 3.64. The quantitative estimate of drug-likeness (QED) is 0.902. The Morgan fingerprint density at radius 2 is 1.92 bits per heavy atom. The number of hydrogen-bond acceptors (Lipinski definition) is 4. The van der Waals surface area contributed by atoms with Crippen LogP contribution in [0.3, 0.4) is 0 Å². The number of benzene rings is 1. The second-order valence-corrected chi connectivity index (χ2v) is 7.05. The number of amides is 1. The molecule has 1 saturated heterocycles. The molecule has 0 aliphatic carbocycles. The smallest absolute Gasteiger partial charge is 0.239 e. The Labute approximate surface area is 149 Å². The van der Waals surface area contributed by atoms with E-state index >= 15 is 0 Å². The van der Waals surface area contributed by atoms with Gasteiger partial charge in [0.15, 0.2) is 5.76 Å². The van der Waals surface area contributed by atoms with Gasteiger partial charge in [0.25, 0.3) is 0 Å². The Morgan fingerprint density at radius 1 is 1.24 bits per heavy atom. The molecule has 5 heteroatoms. The summed E-state index contributed by atoms with van der Waals surface area (Å²) < 4.78 is 5.87. The van der Waals surface area contributed by atoms with Crippen molar-refractivity contribution in [3.63, 3.8) is 0 Å². The van der Waals surface area contributed by atoms with Crippen LogP contribution in [0.5, 0.6) is 0 Å². The van der Waals surface area contributed by atoms with Crippen molar-refractivity contribution in [2.45, 2.75) is 45.7 Å². The van der Waals surface area contributed by atoms with Gasteiger partial charge in [-0.25, -0.2) is 4.98 Å². The van der Waals surface area contributed by atoms with Crippen LogP contribution in [0.15, 0.2) is 40.9 Å². The molecule has 25 heavy (non-hydrogen) atoms. The average molecular weight is 341 g/mol. The van der Waals surface area contributed by atoms with E-state index in [2.05, 4.69) is 17.2 Å². The number of rotatable bonds is 5. The van der Waals surface area contributed by atoms with E-state index in [1.807, 2.05) is 49.1 Å². The third kappa shape index (κ3) is 4.28. The van der Waals surface area contributed by atoms with Crippen molar-refractivity contribution in [2.24, 2.45) is 5.92 Å². The molecule has 0 bridgehead atoms. The van der Waals surface area contributed by atoms with Crippen LogP contribution in [0.2, 0.25) is 0 Å². The molecule has 0 unspecified atom stereocenters. The molecule has 0 saturated carbocycles. The lowest BCUT2D eigenvalue weighted by Gasteiger charge is -2.32. The van der Waals surface area contributed by atoms with Crippen LogP contribution >= 0.6 is 0 Å². The summed E-state index contributed by atoms with van der Waals surface area (Å²) in [6, 6.07) is 9.52. The van der Waals surface area contributed by atoms with E-state index in [-0.39, 0.29) is 18.0 Å². The summed E-state index contributed by atoms with van der Waals surface area (Å²) in [5.41, 5.74) is 1.00. The second kappa shape index (κ2) is 7.83. The van der Waals surface area contributed by atoms with Crippen molar-refractivity contribution < 1.29 is 9.21 Å². The minimum Gasteiger partial charge on any atom is -0.439 e. The first-order valence-electron chi connectivity index (χ1n) is 9.10. The van der Waals surface area contributed by atoms with Crippen molar-refractivity contribution in [2.75, 3.05) is 13.1 Å². The lowest BCUT2D eigenvalue weighted by atomic mass is 9.99. The fourth-order valence-electron chi connectivity index (χ4n) is 3.24. The van der Waals surface area contributed by atoms with Crippen molar-refractivity contribution in [3.8, 4) is 11.3 Å². The highest BCUT2D eigenvalue weighted by Gasteiger charge is 2.26. The third-order valence-corrected chi connectivity index (χ3v) is 4.92. The van der Waals surface area contributed by atoms with Gasteiger partial charge in [0.1, 0.15) is 0 Å². The van der Waals surface area contributed by atoms with E-state index in [9.17, 15) is 4.79 Å². The van der Waals surface area contributed by atoms with E-state index in [0.717, 1.165) is 43.2 Å². The molecule has 0 radical (unpaired) electrons. The highest BCUT2D eigenvalue weighted by molar-refractivity contribution is 5.81. The van der Waals surface area contributed by atoms with Crippen LogP contribution in [0.4, 0.5) is 0 Å². The first-order chi connectivity index (χ1) is 12.0. The molecule has 1 fully saturated rings. The first-order valence-corrected chi connectivity index (χ1v) is 9.10. The maximum atomic E-state index is 12.6. The Morgan fingerprint density at radius 3 is 2.60 bits per heavy atom. The number of carbonyl (C=O) groups excluding carboxylic acids is 1. The summed E-state index contributed by atoms with van der Waals surface area (Å²) in [5.74, 6) is 2.22. The van der Waals surface area contributed by atoms with Crippen LogP contribution in [0.1, 0.15) is 45.5 Å². The fourth-order valence-corrected chi connectivity index (χ4v) is 3.24. The zero-order chi connectivity index (χ0) is 17.8. The minimum atomic E-state index is -0.254. The molecule has 2 heterocycles. The molecule has 5 nitrogen and oxygen atoms in total. The summed E-state index contributed by atoms with van der Waals surface area (Å²) in [5, 5.41) is 3.32. The van der Waals surface area contributed by atoms with Gasteiger partial charge in [-0.05, 0) is 32.6 Å². The lowest BCUT2D eigenvalue weighted by molar-refractivity contribution is -0.134. The minimum absolute atomic E-state index is 0.125. The fraction of sp³-hybridized carbons (Fsp3) is 0.500. The van der Waals surface area contributed by atoms with E-state index < -0.39 is 0 Å². The number of oxazole rings is 1. The maximum absolute atomic E-state index is 12.6. The van der Waals surface area contributed by atoms with Gasteiger partial charge in [0.2, 0.25) is 11.8 Å². The van der Waals surface area contributed by atoms with Gasteiger partial charge in [0.05, 0.1) is 18.3 Å². The van der Waals surface area contributed by atoms with Gasteiger partial charge in [-0.3, -0.25) is 10.1 Å². The Bertz CT molecular complexity index is 690. The second-order valence-electron chi connectivity index (χ2n) is 7.05. The molecule has 134 valence electrons. The Balaban J connectivity index is 1.59. The molecule has 2 aromatic rings. The number of hydrogen-bond donors (Lipinski definition) is 1. The maximum Gasteiger partial charge on any atom is 0.239 e. The zero-order valence-electron chi connectivity index (χ0n) is 15.2. The molecule has 1 amide bonds. The van der Waals surface area contributed by atoms with Gasteiger partial charge in [0, 0.05) is 18.7 Å². The van der Waals surface area contributed by atoms with Crippen molar-refractivity contribution in [3.05, 3.63) is 42.4 Å². The van der Waals surface area contributed by atoms with Crippen molar-refractivity contribution in [1.82, 2.24) is 15.2 Å². The van der Waals surface area contributed by atoms with Crippen LogP contribution in [-0.4, -0.2) is 34.9 Å². The van der Waals surface area contributed by atoms with Gasteiger partial charge >= 0.3 is 0 Å². The molecular formula is C20H27N3O2. The normalized spacial score (nSPS) is 18.1. The predicted molar refractivity (Wildman–Crippen MR) is 97.9 cm³/mol. The zero-order valence-corrected chi connectivity index (χ0v) is 15.2. The molecule has 0 spiro atoms. The largest absolute Gasteiger partial charge is 0.439 e. The van der Waals surface area contributed by atoms with E-state index in [4.69, 9.17) is 4.42 Å². The van der Waals surface area contributed by atoms with Crippen molar-refractivity contribution in [1.29, 1.82) is 0 Å². The third-order valence-electron chi connectivity index (χ3n) is 4.92. The molecule has 2 atom stereocenters. The summed E-state index contributed by atoms with van der Waals surface area (Å²) in [7, 11) is 0. The number of piperidine rings is 1. The molecule has 1 aromatic heterocycles. The van der Waals surface area contributed by atoms with Crippen molar-refractivity contribution >= 4 is 5.91 Å². The summed E-state index contributed by atoms with van der Waals surface area (Å²) in [4.78, 5) is 19.0. The van der Waals surface area contributed by atoms with Crippen LogP contribution < -0.4 is 5.32 Å². The molecule has 3 rings (SSSR count). The summed E-state index contributed by atoms with van der Waals surface area (Å²) >= 11 is 0. The van der Waals surface area contributed by atoms with Crippen LogP contribution in [0, 0.1) is 5.92 Å². The van der Waals surface area contributed by atoms with E-state index in [1.54, 1.807) is 6.20 Å². The monoisotopic (exact) mass is 341 g/mol. The number of nitrogens with one attached hydrogen (secondary N) is 1. The summed E-state index contributed by atoms with van der Waals surface area (Å²) in [6.45, 7) is 7.86. The molecule has 1 N–H and O–H groups in total. The van der Waals surface area contributed by atoms with E-state index in [1.165, 1.54) is 0 Å². The van der Waals surface area contributed by atoms with Gasteiger partial charge < -0.3 is 9.32 Å². The Hall–Kier alpha value is -2.14. The molecule has 1 aromatic carbocycles. The highest BCUT2D eigenvalue weighted by Crippen LogP contribution is 2.23.